The van der Waals surface area contributed by atoms with Gasteiger partial charge < -0.3 is 14.8 Å². The molecule has 0 saturated heterocycles. The van der Waals surface area contributed by atoms with Crippen molar-refractivity contribution < 1.29 is 9.47 Å². The fourth-order valence-corrected chi connectivity index (χ4v) is 1.91. The molecule has 0 fully saturated rings. The number of ether oxygens (including phenoxy) is 2. The standard InChI is InChI=1S/C13H26N4O2/c1-4-6-17-13(15-11-16-17)9-12(14-5-2)10-19-8-7-18-3/h11-12,14H,4-10H2,1-3H3. The number of hydrogen-bond donors (Lipinski definition) is 1. The van der Waals surface area contributed by atoms with Gasteiger partial charge in [-0.2, -0.15) is 5.10 Å². The van der Waals surface area contributed by atoms with Crippen molar-refractivity contribution in [3.63, 3.8) is 0 Å². The van der Waals surface area contributed by atoms with Crippen molar-refractivity contribution in [3.8, 4) is 0 Å². The Balaban J connectivity index is 2.44. The third-order valence-corrected chi connectivity index (χ3v) is 2.80. The van der Waals surface area contributed by atoms with E-state index in [0.29, 0.717) is 19.8 Å². The molecule has 0 amide bonds. The molecule has 1 aromatic rings. The molecule has 1 N–H and O–H groups in total. The van der Waals surface area contributed by atoms with E-state index in [0.717, 1.165) is 31.8 Å². The van der Waals surface area contributed by atoms with Crippen molar-refractivity contribution in [1.82, 2.24) is 20.1 Å². The van der Waals surface area contributed by atoms with Gasteiger partial charge in [-0.1, -0.05) is 13.8 Å². The van der Waals surface area contributed by atoms with Crippen LogP contribution in [0, 0.1) is 0 Å². The summed E-state index contributed by atoms with van der Waals surface area (Å²) in [5, 5.41) is 7.67. The topological polar surface area (TPSA) is 61.2 Å². The summed E-state index contributed by atoms with van der Waals surface area (Å²) < 4.78 is 12.5. The maximum atomic E-state index is 5.59. The second-order valence-corrected chi connectivity index (χ2v) is 4.43. The van der Waals surface area contributed by atoms with Crippen LogP contribution in [0.4, 0.5) is 0 Å². The van der Waals surface area contributed by atoms with E-state index in [2.05, 4.69) is 29.2 Å². The molecule has 6 heteroatoms. The average Bonchev–Trinajstić information content (AvgIpc) is 2.83. The van der Waals surface area contributed by atoms with Crippen LogP contribution in [0.3, 0.4) is 0 Å². The lowest BCUT2D eigenvalue weighted by Gasteiger charge is -2.17. The molecule has 1 aromatic heterocycles. The van der Waals surface area contributed by atoms with Crippen LogP contribution in [-0.4, -0.2) is 54.3 Å². The second-order valence-electron chi connectivity index (χ2n) is 4.43. The molecule has 0 saturated carbocycles. The lowest BCUT2D eigenvalue weighted by atomic mass is 10.2. The molecule has 0 radical (unpaired) electrons. The Labute approximate surface area is 115 Å². The van der Waals surface area contributed by atoms with Gasteiger partial charge in [0.1, 0.15) is 12.2 Å². The average molecular weight is 270 g/mol. The number of nitrogens with one attached hydrogen (secondary N) is 1. The summed E-state index contributed by atoms with van der Waals surface area (Å²) in [6.07, 6.45) is 3.52. The molecule has 0 aliphatic rings. The molecule has 1 atom stereocenters. The molecule has 110 valence electrons. The van der Waals surface area contributed by atoms with Gasteiger partial charge in [0, 0.05) is 26.1 Å². The van der Waals surface area contributed by atoms with Crippen LogP contribution in [0.5, 0.6) is 0 Å². The predicted octanol–water partition coefficient (Wildman–Crippen LogP) is 0.872. The van der Waals surface area contributed by atoms with Gasteiger partial charge in [-0.15, -0.1) is 0 Å². The van der Waals surface area contributed by atoms with Gasteiger partial charge in [0.15, 0.2) is 0 Å². The quantitative estimate of drug-likeness (QED) is 0.605. The van der Waals surface area contributed by atoms with Gasteiger partial charge in [0.05, 0.1) is 19.8 Å². The summed E-state index contributed by atoms with van der Waals surface area (Å²) in [7, 11) is 1.68. The van der Waals surface area contributed by atoms with Crippen molar-refractivity contribution >= 4 is 0 Å². The Morgan fingerprint density at radius 3 is 2.89 bits per heavy atom. The fourth-order valence-electron chi connectivity index (χ4n) is 1.91. The number of nitrogens with zero attached hydrogens (tertiary/aromatic N) is 3. The van der Waals surface area contributed by atoms with Crippen LogP contribution in [-0.2, 0) is 22.4 Å². The largest absolute Gasteiger partial charge is 0.382 e. The Morgan fingerprint density at radius 2 is 2.21 bits per heavy atom. The molecule has 0 aromatic carbocycles. The van der Waals surface area contributed by atoms with Crippen molar-refractivity contribution in [3.05, 3.63) is 12.2 Å². The lowest BCUT2D eigenvalue weighted by molar-refractivity contribution is 0.0585. The first kappa shape index (κ1) is 16.1. The number of rotatable bonds is 11. The van der Waals surface area contributed by atoms with Crippen LogP contribution >= 0.6 is 0 Å². The summed E-state index contributed by atoms with van der Waals surface area (Å²) in [4.78, 5) is 4.33. The predicted molar refractivity (Wildman–Crippen MR) is 74.2 cm³/mol. The smallest absolute Gasteiger partial charge is 0.138 e. The number of aromatic nitrogens is 3. The van der Waals surface area contributed by atoms with Gasteiger partial charge in [0.2, 0.25) is 0 Å². The minimum atomic E-state index is 0.265. The number of likely N-dealkylation sites (N-methyl/N-ethyl adjacent to an activating group) is 1. The van der Waals surface area contributed by atoms with E-state index >= 15 is 0 Å². The molecule has 0 spiro atoms. The zero-order valence-corrected chi connectivity index (χ0v) is 12.3. The first-order valence-corrected chi connectivity index (χ1v) is 6.98. The highest BCUT2D eigenvalue weighted by Gasteiger charge is 2.13. The minimum absolute atomic E-state index is 0.265. The van der Waals surface area contributed by atoms with Crippen LogP contribution in [0.1, 0.15) is 26.1 Å². The molecule has 19 heavy (non-hydrogen) atoms. The SMILES string of the molecule is CCCn1ncnc1CC(COCCOC)NCC. The highest BCUT2D eigenvalue weighted by atomic mass is 16.5. The molecule has 1 heterocycles. The zero-order valence-electron chi connectivity index (χ0n) is 12.3. The minimum Gasteiger partial charge on any atom is -0.382 e. The second kappa shape index (κ2) is 9.89. The Kier molecular flexibility index (Phi) is 8.36. The number of methoxy groups -OCH3 is 1. The van der Waals surface area contributed by atoms with Crippen molar-refractivity contribution in [2.75, 3.05) is 33.5 Å². The van der Waals surface area contributed by atoms with Crippen LogP contribution in [0.25, 0.3) is 0 Å². The Morgan fingerprint density at radius 1 is 1.37 bits per heavy atom. The lowest BCUT2D eigenvalue weighted by Crippen LogP contribution is -2.36. The highest BCUT2D eigenvalue weighted by Crippen LogP contribution is 2.02. The van der Waals surface area contributed by atoms with Gasteiger partial charge in [-0.3, -0.25) is 4.68 Å². The van der Waals surface area contributed by atoms with Crippen LogP contribution in [0.2, 0.25) is 0 Å². The molecule has 6 nitrogen and oxygen atoms in total. The molecule has 1 unspecified atom stereocenters. The van der Waals surface area contributed by atoms with Crippen molar-refractivity contribution in [1.29, 1.82) is 0 Å². The molecule has 1 rings (SSSR count). The summed E-state index contributed by atoms with van der Waals surface area (Å²) >= 11 is 0. The first-order chi connectivity index (χ1) is 9.31. The number of hydrogen-bond acceptors (Lipinski definition) is 5. The van der Waals surface area contributed by atoms with Crippen LogP contribution < -0.4 is 5.32 Å². The van der Waals surface area contributed by atoms with Gasteiger partial charge in [0.25, 0.3) is 0 Å². The summed E-state index contributed by atoms with van der Waals surface area (Å²) in [5.74, 6) is 1.02. The fraction of sp³-hybridized carbons (Fsp3) is 0.846. The summed E-state index contributed by atoms with van der Waals surface area (Å²) in [6, 6.07) is 0.265. The monoisotopic (exact) mass is 270 g/mol. The maximum Gasteiger partial charge on any atom is 0.138 e. The van der Waals surface area contributed by atoms with E-state index in [1.807, 2.05) is 4.68 Å². The Hall–Kier alpha value is -0.980. The van der Waals surface area contributed by atoms with E-state index in [4.69, 9.17) is 9.47 Å². The zero-order chi connectivity index (χ0) is 13.9. The third-order valence-electron chi connectivity index (χ3n) is 2.80. The molecule has 0 aliphatic heterocycles. The summed E-state index contributed by atoms with van der Waals surface area (Å²) in [6.45, 7) is 7.99. The molecule has 0 bridgehead atoms. The summed E-state index contributed by atoms with van der Waals surface area (Å²) in [5.41, 5.74) is 0. The van der Waals surface area contributed by atoms with Crippen molar-refractivity contribution in [2.24, 2.45) is 0 Å². The molecular formula is C13H26N4O2. The van der Waals surface area contributed by atoms with E-state index in [9.17, 15) is 0 Å². The molecular weight excluding hydrogens is 244 g/mol. The van der Waals surface area contributed by atoms with Crippen LogP contribution in [0.15, 0.2) is 6.33 Å². The normalized spacial score (nSPS) is 12.8. The third kappa shape index (κ3) is 6.13. The van der Waals surface area contributed by atoms with Gasteiger partial charge in [-0.05, 0) is 13.0 Å². The van der Waals surface area contributed by atoms with E-state index in [1.54, 1.807) is 13.4 Å². The van der Waals surface area contributed by atoms with Gasteiger partial charge in [-0.25, -0.2) is 4.98 Å². The highest BCUT2D eigenvalue weighted by molar-refractivity contribution is 4.90. The maximum absolute atomic E-state index is 5.59. The van der Waals surface area contributed by atoms with E-state index in [1.165, 1.54) is 0 Å². The first-order valence-electron chi connectivity index (χ1n) is 6.98. The van der Waals surface area contributed by atoms with Gasteiger partial charge >= 0.3 is 0 Å². The van der Waals surface area contributed by atoms with Crippen molar-refractivity contribution in [2.45, 2.75) is 39.3 Å². The Bertz CT molecular complexity index is 330. The van der Waals surface area contributed by atoms with E-state index < -0.39 is 0 Å². The van der Waals surface area contributed by atoms with E-state index in [-0.39, 0.29) is 6.04 Å². The number of aryl methyl sites for hydroxylation is 1. The molecule has 0 aliphatic carbocycles.